The molecule has 170 valence electrons. The Morgan fingerprint density at radius 3 is 2.79 bits per heavy atom. The summed E-state index contributed by atoms with van der Waals surface area (Å²) in [6.45, 7) is 0.781. The molecule has 5 aromatic heterocycles. The first-order valence-corrected chi connectivity index (χ1v) is 11.0. The van der Waals surface area contributed by atoms with Gasteiger partial charge >= 0.3 is 0 Å². The van der Waals surface area contributed by atoms with Crippen LogP contribution in [0.2, 0.25) is 0 Å². The molecule has 6 rings (SSSR count). The van der Waals surface area contributed by atoms with Crippen molar-refractivity contribution in [3.63, 3.8) is 0 Å². The summed E-state index contributed by atoms with van der Waals surface area (Å²) in [5.74, 6) is 1.03. The second-order valence-electron chi connectivity index (χ2n) is 8.07. The lowest BCUT2D eigenvalue weighted by molar-refractivity contribution is 0.398. The third-order valence-electron chi connectivity index (χ3n) is 6.09. The van der Waals surface area contributed by atoms with Gasteiger partial charge in [0.15, 0.2) is 5.65 Å². The predicted molar refractivity (Wildman–Crippen MR) is 123 cm³/mol. The van der Waals surface area contributed by atoms with E-state index >= 15 is 0 Å². The number of hydrogen-bond donors (Lipinski definition) is 0. The highest BCUT2D eigenvalue weighted by Gasteiger charge is 2.30. The summed E-state index contributed by atoms with van der Waals surface area (Å²) in [5, 5.41) is 8.95. The van der Waals surface area contributed by atoms with E-state index in [0.717, 1.165) is 42.0 Å². The van der Waals surface area contributed by atoms with E-state index in [1.165, 1.54) is 6.07 Å². The molecule has 6 heterocycles. The van der Waals surface area contributed by atoms with Crippen molar-refractivity contribution >= 4 is 11.5 Å². The average Bonchev–Trinajstić information content (AvgIpc) is 3.63. The van der Waals surface area contributed by atoms with E-state index in [0.29, 0.717) is 17.2 Å². The summed E-state index contributed by atoms with van der Waals surface area (Å²) < 4.78 is 23.0. The number of methoxy groups -OCH3 is 1. The highest BCUT2D eigenvalue weighted by molar-refractivity contribution is 5.65. The van der Waals surface area contributed by atoms with E-state index in [2.05, 4.69) is 25.1 Å². The summed E-state index contributed by atoms with van der Waals surface area (Å²) in [6, 6.07) is 8.57. The highest BCUT2D eigenvalue weighted by Crippen LogP contribution is 2.35. The van der Waals surface area contributed by atoms with Gasteiger partial charge in [0.05, 0.1) is 31.2 Å². The minimum atomic E-state index is -0.289. The Morgan fingerprint density at radius 1 is 1.03 bits per heavy atom. The number of halogens is 1. The Kier molecular flexibility index (Phi) is 4.90. The number of fused-ring (bicyclic) bond motifs is 1. The maximum Gasteiger partial charge on any atom is 0.212 e. The van der Waals surface area contributed by atoms with Crippen LogP contribution in [0.25, 0.3) is 22.5 Å². The van der Waals surface area contributed by atoms with Crippen molar-refractivity contribution in [3.8, 4) is 22.7 Å². The zero-order valence-electron chi connectivity index (χ0n) is 18.4. The van der Waals surface area contributed by atoms with Crippen molar-refractivity contribution in [1.29, 1.82) is 0 Å². The first kappa shape index (κ1) is 20.3. The maximum atomic E-state index is 14.5. The summed E-state index contributed by atoms with van der Waals surface area (Å²) in [7, 11) is 1.59. The quantitative estimate of drug-likeness (QED) is 0.397. The third kappa shape index (κ3) is 3.43. The van der Waals surface area contributed by atoms with Crippen LogP contribution in [0.15, 0.2) is 67.5 Å². The SMILES string of the molecule is COc1ccc(-c2cnn(-c3cnn4ccc(N5CCC[C@@H]5c5ncccc5F)nc34)c2)cn1. The number of nitrogens with zero attached hydrogens (tertiary/aromatic N) is 8. The molecular weight excluding hydrogens is 435 g/mol. The first-order valence-electron chi connectivity index (χ1n) is 11.0. The molecule has 34 heavy (non-hydrogen) atoms. The molecule has 0 aromatic carbocycles. The number of rotatable bonds is 5. The molecule has 0 amide bonds. The first-order chi connectivity index (χ1) is 16.7. The van der Waals surface area contributed by atoms with Crippen LogP contribution < -0.4 is 9.64 Å². The lowest BCUT2D eigenvalue weighted by atomic mass is 10.1. The molecule has 0 saturated carbocycles. The minimum absolute atomic E-state index is 0.151. The van der Waals surface area contributed by atoms with E-state index in [9.17, 15) is 4.39 Å². The molecule has 0 N–H and O–H groups in total. The molecule has 0 aliphatic carbocycles. The van der Waals surface area contributed by atoms with Gasteiger partial charge in [-0.3, -0.25) is 4.98 Å². The van der Waals surface area contributed by atoms with E-state index in [1.807, 2.05) is 30.6 Å². The summed E-state index contributed by atoms with van der Waals surface area (Å²) in [5.41, 5.74) is 3.70. The Hall–Kier alpha value is -4.34. The summed E-state index contributed by atoms with van der Waals surface area (Å²) in [4.78, 5) is 15.6. The standard InChI is InChI=1S/C24H21FN8O/c1-34-22-7-6-16(12-27-22)17-13-28-33(15-17)20-14-29-32-11-8-21(30-24(20)32)31-10-3-5-19(31)23-18(25)4-2-9-26-23/h2,4,6-9,11-15,19H,3,5,10H2,1H3/t19-/m1/s1. The molecule has 1 saturated heterocycles. The minimum Gasteiger partial charge on any atom is -0.481 e. The third-order valence-corrected chi connectivity index (χ3v) is 6.09. The van der Waals surface area contributed by atoms with Crippen LogP contribution in [0.3, 0.4) is 0 Å². The van der Waals surface area contributed by atoms with Crippen LogP contribution in [-0.4, -0.2) is 48.0 Å². The predicted octanol–water partition coefficient (Wildman–Crippen LogP) is 3.86. The second-order valence-corrected chi connectivity index (χ2v) is 8.07. The van der Waals surface area contributed by atoms with Crippen molar-refractivity contribution in [2.24, 2.45) is 0 Å². The van der Waals surface area contributed by atoms with Gasteiger partial charge in [0.1, 0.15) is 17.3 Å². The van der Waals surface area contributed by atoms with E-state index in [4.69, 9.17) is 9.72 Å². The average molecular weight is 456 g/mol. The van der Waals surface area contributed by atoms with Crippen LogP contribution in [0.1, 0.15) is 24.6 Å². The molecule has 1 aliphatic heterocycles. The van der Waals surface area contributed by atoms with Crippen LogP contribution in [-0.2, 0) is 0 Å². The van der Waals surface area contributed by atoms with Gasteiger partial charge in [0.25, 0.3) is 0 Å². The zero-order valence-corrected chi connectivity index (χ0v) is 18.4. The Labute approximate surface area is 194 Å². The topological polar surface area (TPSA) is 86.3 Å². The molecule has 0 bridgehead atoms. The second kappa shape index (κ2) is 8.22. The zero-order chi connectivity index (χ0) is 23.1. The van der Waals surface area contributed by atoms with Crippen molar-refractivity contribution in [2.45, 2.75) is 18.9 Å². The van der Waals surface area contributed by atoms with Gasteiger partial charge in [-0.05, 0) is 37.1 Å². The van der Waals surface area contributed by atoms with Gasteiger partial charge in [-0.15, -0.1) is 0 Å². The summed E-state index contributed by atoms with van der Waals surface area (Å²) >= 11 is 0. The number of anilines is 1. The Morgan fingerprint density at radius 2 is 1.97 bits per heavy atom. The van der Waals surface area contributed by atoms with Gasteiger partial charge < -0.3 is 9.64 Å². The van der Waals surface area contributed by atoms with Crippen LogP contribution in [0.4, 0.5) is 10.2 Å². The molecule has 1 fully saturated rings. The van der Waals surface area contributed by atoms with Gasteiger partial charge in [-0.1, -0.05) is 0 Å². The number of aromatic nitrogens is 7. The molecule has 1 atom stereocenters. The molecule has 9 nitrogen and oxygen atoms in total. The van der Waals surface area contributed by atoms with Gasteiger partial charge in [0.2, 0.25) is 5.88 Å². The number of hydrogen-bond acceptors (Lipinski definition) is 7. The molecule has 0 spiro atoms. The molecular formula is C24H21FN8O. The monoisotopic (exact) mass is 456 g/mol. The lowest BCUT2D eigenvalue weighted by Gasteiger charge is -2.25. The molecule has 1 aliphatic rings. The highest BCUT2D eigenvalue weighted by atomic mass is 19.1. The number of ether oxygens (including phenoxy) is 1. The van der Waals surface area contributed by atoms with E-state index in [-0.39, 0.29) is 11.9 Å². The maximum absolute atomic E-state index is 14.5. The normalized spacial score (nSPS) is 15.8. The summed E-state index contributed by atoms with van der Waals surface area (Å²) in [6.07, 6.45) is 12.4. The van der Waals surface area contributed by atoms with Crippen molar-refractivity contribution in [3.05, 3.63) is 79.0 Å². The largest absolute Gasteiger partial charge is 0.481 e. The van der Waals surface area contributed by atoms with Crippen molar-refractivity contribution < 1.29 is 9.13 Å². The van der Waals surface area contributed by atoms with E-state index < -0.39 is 0 Å². The molecule has 5 aromatic rings. The lowest BCUT2D eigenvalue weighted by Crippen LogP contribution is -2.25. The fraction of sp³-hybridized carbons (Fsp3) is 0.208. The van der Waals surface area contributed by atoms with Crippen molar-refractivity contribution in [2.75, 3.05) is 18.6 Å². The molecule has 0 radical (unpaired) electrons. The van der Waals surface area contributed by atoms with Crippen LogP contribution in [0, 0.1) is 5.82 Å². The molecule has 10 heteroatoms. The van der Waals surface area contributed by atoms with Gasteiger partial charge in [-0.25, -0.2) is 23.6 Å². The fourth-order valence-electron chi connectivity index (χ4n) is 4.41. The molecule has 0 unspecified atom stereocenters. The number of pyridine rings is 2. The van der Waals surface area contributed by atoms with Gasteiger partial charge in [0, 0.05) is 48.5 Å². The van der Waals surface area contributed by atoms with Crippen molar-refractivity contribution in [1.82, 2.24) is 34.3 Å². The van der Waals surface area contributed by atoms with Crippen LogP contribution in [0.5, 0.6) is 5.88 Å². The Balaban J connectivity index is 1.35. The smallest absolute Gasteiger partial charge is 0.212 e. The Bertz CT molecular complexity index is 1460. The van der Waals surface area contributed by atoms with Gasteiger partial charge in [-0.2, -0.15) is 10.2 Å². The van der Waals surface area contributed by atoms with E-state index in [1.54, 1.807) is 47.2 Å². The van der Waals surface area contributed by atoms with Crippen LogP contribution >= 0.6 is 0 Å². The fourth-order valence-corrected chi connectivity index (χ4v) is 4.41.